The third kappa shape index (κ3) is 5.58. The molecule has 8 heteroatoms. The molecular formula is C15H20Cl2N4O2. The molecule has 1 aromatic heterocycles. The van der Waals surface area contributed by atoms with Gasteiger partial charge in [-0.1, -0.05) is 23.2 Å². The number of rotatable bonds is 4. The van der Waals surface area contributed by atoms with E-state index in [2.05, 4.69) is 29.3 Å². The van der Waals surface area contributed by atoms with Gasteiger partial charge in [-0.05, 0) is 46.3 Å². The molecule has 0 unspecified atom stereocenters. The van der Waals surface area contributed by atoms with Crippen molar-refractivity contribution in [2.24, 2.45) is 0 Å². The number of nitro groups is 1. The van der Waals surface area contributed by atoms with Gasteiger partial charge in [0.2, 0.25) is 0 Å². The number of aryl methyl sites for hydroxylation is 1. The Morgan fingerprint density at radius 2 is 1.96 bits per heavy atom. The van der Waals surface area contributed by atoms with Gasteiger partial charge < -0.3 is 10.2 Å². The zero-order chi connectivity index (χ0) is 17.6. The van der Waals surface area contributed by atoms with Gasteiger partial charge in [-0.25, -0.2) is 4.98 Å². The fraction of sp³-hybridized carbons (Fsp3) is 0.400. The lowest BCUT2D eigenvalue weighted by atomic mass is 10.2. The Bertz CT molecular complexity index is 693. The number of halogens is 2. The SMILES string of the molecule is CNCCN(C)C.Cc1ccc2c(Cl)cc(Cl)c([N+](=O)[O-])c2n1. The molecule has 0 aliphatic carbocycles. The molecule has 0 spiro atoms. The summed E-state index contributed by atoms with van der Waals surface area (Å²) in [4.78, 5) is 16.6. The standard InChI is InChI=1S/C10H6Cl2N2O2.C5H14N2/c1-5-2-3-6-7(11)4-8(12)10(14(15)16)9(6)13-5;1-6-4-5-7(2)3/h2-4H,1H3;6H,4-5H2,1-3H3. The van der Waals surface area contributed by atoms with E-state index in [0.717, 1.165) is 13.1 Å². The fourth-order valence-corrected chi connectivity index (χ4v) is 2.39. The van der Waals surface area contributed by atoms with Crippen LogP contribution in [0.2, 0.25) is 10.0 Å². The van der Waals surface area contributed by atoms with Crippen molar-refractivity contribution in [3.63, 3.8) is 0 Å². The zero-order valence-electron chi connectivity index (χ0n) is 13.6. The average Bonchev–Trinajstić information content (AvgIpc) is 2.44. The van der Waals surface area contributed by atoms with Crippen LogP contribution in [0.25, 0.3) is 10.9 Å². The number of aromatic nitrogens is 1. The van der Waals surface area contributed by atoms with Crippen LogP contribution in [0.4, 0.5) is 5.69 Å². The lowest BCUT2D eigenvalue weighted by Crippen LogP contribution is -2.23. The number of likely N-dealkylation sites (N-methyl/N-ethyl adjacent to an activating group) is 2. The van der Waals surface area contributed by atoms with E-state index in [0.29, 0.717) is 16.1 Å². The van der Waals surface area contributed by atoms with Crippen LogP contribution in [0.15, 0.2) is 18.2 Å². The molecule has 0 fully saturated rings. The molecule has 0 aliphatic rings. The highest BCUT2D eigenvalue weighted by Crippen LogP contribution is 2.36. The minimum Gasteiger partial charge on any atom is -0.318 e. The largest absolute Gasteiger partial charge is 0.318 e. The first-order valence-electron chi connectivity index (χ1n) is 6.97. The van der Waals surface area contributed by atoms with E-state index in [1.54, 1.807) is 19.1 Å². The van der Waals surface area contributed by atoms with Gasteiger partial charge in [0, 0.05) is 24.2 Å². The summed E-state index contributed by atoms with van der Waals surface area (Å²) in [5.74, 6) is 0. The van der Waals surface area contributed by atoms with Gasteiger partial charge in [-0.3, -0.25) is 10.1 Å². The normalized spacial score (nSPS) is 10.6. The monoisotopic (exact) mass is 358 g/mol. The summed E-state index contributed by atoms with van der Waals surface area (Å²) in [5, 5.41) is 14.8. The molecule has 1 heterocycles. The van der Waals surface area contributed by atoms with Gasteiger partial charge in [0.05, 0.1) is 9.95 Å². The van der Waals surface area contributed by atoms with Crippen LogP contribution in [0, 0.1) is 17.0 Å². The maximum Gasteiger partial charge on any atom is 0.313 e. The van der Waals surface area contributed by atoms with E-state index in [4.69, 9.17) is 23.2 Å². The number of hydrogen-bond acceptors (Lipinski definition) is 5. The summed E-state index contributed by atoms with van der Waals surface area (Å²) in [6, 6.07) is 4.80. The van der Waals surface area contributed by atoms with Gasteiger partial charge in [-0.2, -0.15) is 0 Å². The number of nitrogens with zero attached hydrogens (tertiary/aromatic N) is 3. The van der Waals surface area contributed by atoms with Crippen molar-refractivity contribution in [3.05, 3.63) is 44.1 Å². The summed E-state index contributed by atoms with van der Waals surface area (Å²) < 4.78 is 0. The lowest BCUT2D eigenvalue weighted by Gasteiger charge is -2.06. The average molecular weight is 359 g/mol. The second kappa shape index (κ2) is 8.98. The smallest absolute Gasteiger partial charge is 0.313 e. The van der Waals surface area contributed by atoms with E-state index in [1.807, 2.05) is 7.05 Å². The Labute approximate surface area is 145 Å². The second-order valence-corrected chi connectivity index (χ2v) is 6.02. The molecule has 2 rings (SSSR count). The molecule has 0 radical (unpaired) electrons. The number of benzene rings is 1. The van der Waals surface area contributed by atoms with Gasteiger partial charge in [-0.15, -0.1) is 0 Å². The molecule has 126 valence electrons. The molecule has 1 N–H and O–H groups in total. The predicted octanol–water partition coefficient (Wildman–Crippen LogP) is 3.53. The first-order valence-corrected chi connectivity index (χ1v) is 7.72. The number of hydrogen-bond donors (Lipinski definition) is 1. The van der Waals surface area contributed by atoms with E-state index < -0.39 is 4.92 Å². The predicted molar refractivity (Wildman–Crippen MR) is 95.6 cm³/mol. The highest BCUT2D eigenvalue weighted by molar-refractivity contribution is 6.40. The summed E-state index contributed by atoms with van der Waals surface area (Å²) in [6.07, 6.45) is 0. The van der Waals surface area contributed by atoms with Crippen LogP contribution in [-0.4, -0.2) is 49.0 Å². The van der Waals surface area contributed by atoms with Crippen LogP contribution in [0.5, 0.6) is 0 Å². The first kappa shape index (κ1) is 19.6. The van der Waals surface area contributed by atoms with Crippen molar-refractivity contribution in [3.8, 4) is 0 Å². The van der Waals surface area contributed by atoms with Crippen LogP contribution >= 0.6 is 23.2 Å². The van der Waals surface area contributed by atoms with Crippen molar-refractivity contribution in [2.45, 2.75) is 6.92 Å². The van der Waals surface area contributed by atoms with E-state index in [9.17, 15) is 10.1 Å². The van der Waals surface area contributed by atoms with Crippen molar-refractivity contribution < 1.29 is 4.92 Å². The Hall–Kier alpha value is -1.47. The van der Waals surface area contributed by atoms with Gasteiger partial charge >= 0.3 is 5.69 Å². The Morgan fingerprint density at radius 1 is 1.30 bits per heavy atom. The topological polar surface area (TPSA) is 71.3 Å². The lowest BCUT2D eigenvalue weighted by molar-refractivity contribution is -0.383. The second-order valence-electron chi connectivity index (χ2n) is 5.20. The number of fused-ring (bicyclic) bond motifs is 1. The molecule has 0 bridgehead atoms. The van der Waals surface area contributed by atoms with Crippen LogP contribution in [-0.2, 0) is 0 Å². The minimum absolute atomic E-state index is 0.000556. The fourth-order valence-electron chi connectivity index (χ4n) is 1.81. The summed E-state index contributed by atoms with van der Waals surface area (Å²) in [7, 11) is 6.10. The van der Waals surface area contributed by atoms with Gasteiger partial charge in [0.25, 0.3) is 0 Å². The number of nitrogens with one attached hydrogen (secondary N) is 1. The number of pyridine rings is 1. The van der Waals surface area contributed by atoms with Crippen LogP contribution < -0.4 is 5.32 Å². The summed E-state index contributed by atoms with van der Waals surface area (Å²) in [6.45, 7) is 3.95. The third-order valence-electron chi connectivity index (χ3n) is 2.99. The molecule has 0 atom stereocenters. The molecular weight excluding hydrogens is 339 g/mol. The Morgan fingerprint density at radius 3 is 2.43 bits per heavy atom. The minimum atomic E-state index is -0.548. The van der Waals surface area contributed by atoms with Crippen LogP contribution in [0.1, 0.15) is 5.69 Å². The van der Waals surface area contributed by atoms with Crippen molar-refractivity contribution in [2.75, 3.05) is 34.2 Å². The molecule has 0 amide bonds. The first-order chi connectivity index (χ1) is 10.8. The Balaban J connectivity index is 0.000000322. The third-order valence-corrected chi connectivity index (χ3v) is 3.59. The van der Waals surface area contributed by atoms with E-state index >= 15 is 0 Å². The van der Waals surface area contributed by atoms with Gasteiger partial charge in [0.1, 0.15) is 5.02 Å². The van der Waals surface area contributed by atoms with Crippen LogP contribution in [0.3, 0.4) is 0 Å². The maximum atomic E-state index is 10.9. The molecule has 0 aliphatic heterocycles. The summed E-state index contributed by atoms with van der Waals surface area (Å²) >= 11 is 11.7. The maximum absolute atomic E-state index is 10.9. The van der Waals surface area contributed by atoms with E-state index in [1.165, 1.54) is 6.07 Å². The van der Waals surface area contributed by atoms with Gasteiger partial charge in [0.15, 0.2) is 5.52 Å². The summed E-state index contributed by atoms with van der Waals surface area (Å²) in [5.41, 5.74) is 0.696. The Kier molecular flexibility index (Phi) is 7.64. The highest BCUT2D eigenvalue weighted by Gasteiger charge is 2.20. The van der Waals surface area contributed by atoms with E-state index in [-0.39, 0.29) is 16.2 Å². The molecule has 6 nitrogen and oxygen atoms in total. The number of nitro benzene ring substituents is 1. The zero-order valence-corrected chi connectivity index (χ0v) is 15.1. The van der Waals surface area contributed by atoms with Crippen molar-refractivity contribution in [1.82, 2.24) is 15.2 Å². The molecule has 0 saturated carbocycles. The molecule has 0 saturated heterocycles. The van der Waals surface area contributed by atoms with Crippen molar-refractivity contribution in [1.29, 1.82) is 0 Å². The van der Waals surface area contributed by atoms with Crippen molar-refractivity contribution >= 4 is 39.8 Å². The highest BCUT2D eigenvalue weighted by atomic mass is 35.5. The quantitative estimate of drug-likeness (QED) is 0.668. The molecule has 2 aromatic rings. The molecule has 23 heavy (non-hydrogen) atoms. The molecule has 1 aromatic carbocycles.